The van der Waals surface area contributed by atoms with Crippen LogP contribution in [0.2, 0.25) is 0 Å². The number of hydrogen-bond donors (Lipinski definition) is 1. The van der Waals surface area contributed by atoms with Gasteiger partial charge >= 0.3 is 5.97 Å². The van der Waals surface area contributed by atoms with E-state index in [1.54, 1.807) is 6.92 Å². The van der Waals surface area contributed by atoms with Crippen molar-refractivity contribution >= 4 is 11.9 Å². The molecule has 0 bridgehead atoms. The van der Waals surface area contributed by atoms with Crippen LogP contribution >= 0.6 is 0 Å². The molecule has 1 saturated heterocycles. The van der Waals surface area contributed by atoms with Gasteiger partial charge in [-0.3, -0.25) is 9.59 Å². The van der Waals surface area contributed by atoms with Crippen LogP contribution in [0, 0.1) is 0 Å². The number of carboxylic acid groups (broad SMARTS) is 1. The van der Waals surface area contributed by atoms with Crippen molar-refractivity contribution in [1.29, 1.82) is 0 Å². The zero-order chi connectivity index (χ0) is 12.7. The number of carbonyl (C=O) groups excluding carboxylic acids is 1. The molecule has 0 unspecified atom stereocenters. The maximum Gasteiger partial charge on any atom is 0.323 e. The minimum atomic E-state index is -0.999. The topological polar surface area (TPSA) is 76.1 Å². The number of aliphatic carboxylic acids is 1. The number of nitrogens with zero attached hydrogens (tertiary/aromatic N) is 1. The first-order chi connectivity index (χ1) is 8.15. The van der Waals surface area contributed by atoms with Crippen molar-refractivity contribution in [3.05, 3.63) is 0 Å². The number of rotatable bonds is 6. The van der Waals surface area contributed by atoms with Crippen molar-refractivity contribution < 1.29 is 24.2 Å². The number of amides is 1. The zero-order valence-corrected chi connectivity index (χ0v) is 10.1. The van der Waals surface area contributed by atoms with E-state index in [1.165, 1.54) is 4.90 Å². The third kappa shape index (κ3) is 4.70. The largest absolute Gasteiger partial charge is 0.480 e. The number of ether oxygens (including phenoxy) is 2. The van der Waals surface area contributed by atoms with Gasteiger partial charge in [-0.15, -0.1) is 0 Å². The van der Waals surface area contributed by atoms with Gasteiger partial charge < -0.3 is 19.5 Å². The minimum Gasteiger partial charge on any atom is -0.480 e. The van der Waals surface area contributed by atoms with E-state index in [0.717, 1.165) is 0 Å². The molecule has 17 heavy (non-hydrogen) atoms. The maximum absolute atomic E-state index is 11.8. The van der Waals surface area contributed by atoms with Crippen LogP contribution < -0.4 is 0 Å². The summed E-state index contributed by atoms with van der Waals surface area (Å²) in [7, 11) is 0. The van der Waals surface area contributed by atoms with E-state index >= 15 is 0 Å². The molecular formula is C11H19NO5. The summed E-state index contributed by atoms with van der Waals surface area (Å²) in [5.74, 6) is -1.26. The van der Waals surface area contributed by atoms with Gasteiger partial charge in [-0.2, -0.15) is 0 Å². The Bertz CT molecular complexity index is 263. The second kappa shape index (κ2) is 7.24. The highest BCUT2D eigenvalue weighted by molar-refractivity contribution is 5.82. The Morgan fingerprint density at radius 3 is 2.59 bits per heavy atom. The molecule has 1 amide bonds. The highest BCUT2D eigenvalue weighted by Crippen LogP contribution is 2.14. The number of carboxylic acids is 1. The average Bonchev–Trinajstić information content (AvgIpc) is 2.34. The molecule has 6 heteroatoms. The Labute approximate surface area is 100 Å². The highest BCUT2D eigenvalue weighted by atomic mass is 16.5. The first kappa shape index (κ1) is 13.9. The van der Waals surface area contributed by atoms with E-state index in [1.807, 2.05) is 0 Å². The van der Waals surface area contributed by atoms with Gasteiger partial charge in [-0.25, -0.2) is 0 Å². The Morgan fingerprint density at radius 2 is 2.06 bits per heavy atom. The summed E-state index contributed by atoms with van der Waals surface area (Å²) in [6.45, 7) is 3.06. The van der Waals surface area contributed by atoms with E-state index in [0.29, 0.717) is 32.7 Å². The van der Waals surface area contributed by atoms with E-state index in [-0.39, 0.29) is 25.1 Å². The lowest BCUT2D eigenvalue weighted by Gasteiger charge is -2.33. The van der Waals surface area contributed by atoms with Crippen molar-refractivity contribution in [2.75, 3.05) is 33.0 Å². The van der Waals surface area contributed by atoms with Gasteiger partial charge in [-0.1, -0.05) is 0 Å². The first-order valence-corrected chi connectivity index (χ1v) is 5.82. The van der Waals surface area contributed by atoms with Crippen LogP contribution in [-0.2, 0) is 19.1 Å². The number of hydrogen-bond acceptors (Lipinski definition) is 4. The summed E-state index contributed by atoms with van der Waals surface area (Å²) in [5, 5.41) is 8.82. The van der Waals surface area contributed by atoms with Crippen molar-refractivity contribution in [3.63, 3.8) is 0 Å². The summed E-state index contributed by atoms with van der Waals surface area (Å²) >= 11 is 0. The van der Waals surface area contributed by atoms with Gasteiger partial charge in [-0.05, 0) is 19.8 Å². The molecular weight excluding hydrogens is 226 g/mol. The van der Waals surface area contributed by atoms with Gasteiger partial charge in [0.15, 0.2) is 0 Å². The minimum absolute atomic E-state index is 0.0483. The Hall–Kier alpha value is -1.14. The Balaban J connectivity index is 2.57. The fraction of sp³-hybridized carbons (Fsp3) is 0.818. The number of carbonyl (C=O) groups is 2. The molecule has 0 saturated carbocycles. The lowest BCUT2D eigenvalue weighted by atomic mass is 10.1. The average molecular weight is 245 g/mol. The van der Waals surface area contributed by atoms with Crippen LogP contribution in [-0.4, -0.2) is 60.9 Å². The van der Waals surface area contributed by atoms with Crippen molar-refractivity contribution in [3.8, 4) is 0 Å². The molecule has 1 N–H and O–H groups in total. The Kier molecular flexibility index (Phi) is 5.93. The summed E-state index contributed by atoms with van der Waals surface area (Å²) in [6, 6.07) is -0.0483. The van der Waals surface area contributed by atoms with Gasteiger partial charge in [0.05, 0.1) is 0 Å². The van der Waals surface area contributed by atoms with Crippen molar-refractivity contribution in [2.24, 2.45) is 0 Å². The molecule has 0 radical (unpaired) electrons. The molecule has 0 aromatic heterocycles. The summed E-state index contributed by atoms with van der Waals surface area (Å²) in [5.41, 5.74) is 0. The van der Waals surface area contributed by atoms with E-state index in [9.17, 15) is 9.59 Å². The van der Waals surface area contributed by atoms with Crippen molar-refractivity contribution in [1.82, 2.24) is 4.90 Å². The molecule has 1 aliphatic rings. The predicted molar refractivity (Wildman–Crippen MR) is 59.7 cm³/mol. The van der Waals surface area contributed by atoms with Gasteiger partial charge in [0, 0.05) is 25.9 Å². The lowest BCUT2D eigenvalue weighted by Crippen LogP contribution is -2.47. The molecule has 6 nitrogen and oxygen atoms in total. The predicted octanol–water partition coefficient (Wildman–Crippen LogP) is 0.115. The van der Waals surface area contributed by atoms with Gasteiger partial charge in [0.1, 0.15) is 13.2 Å². The third-order valence-corrected chi connectivity index (χ3v) is 2.69. The standard InChI is InChI=1S/C11H19NO5/c1-2-16-8-10(13)12(7-11(14)15)9-3-5-17-6-4-9/h9H,2-8H2,1H3,(H,14,15). The summed E-state index contributed by atoms with van der Waals surface area (Å²) < 4.78 is 10.2. The van der Waals surface area contributed by atoms with Gasteiger partial charge in [0.2, 0.25) is 5.91 Å². The van der Waals surface area contributed by atoms with E-state index < -0.39 is 5.97 Å². The summed E-state index contributed by atoms with van der Waals surface area (Å²) in [4.78, 5) is 24.0. The van der Waals surface area contributed by atoms with Crippen molar-refractivity contribution in [2.45, 2.75) is 25.8 Å². The van der Waals surface area contributed by atoms with E-state index in [4.69, 9.17) is 14.6 Å². The molecule has 1 heterocycles. The fourth-order valence-electron chi connectivity index (χ4n) is 1.84. The van der Waals surface area contributed by atoms with Crippen LogP contribution in [0.15, 0.2) is 0 Å². The molecule has 0 atom stereocenters. The monoisotopic (exact) mass is 245 g/mol. The first-order valence-electron chi connectivity index (χ1n) is 5.82. The quantitative estimate of drug-likeness (QED) is 0.719. The van der Waals surface area contributed by atoms with E-state index in [2.05, 4.69) is 0 Å². The van der Waals surface area contributed by atoms with Crippen LogP contribution in [0.5, 0.6) is 0 Å². The molecule has 0 aliphatic carbocycles. The second-order valence-electron chi connectivity index (χ2n) is 3.90. The fourth-order valence-corrected chi connectivity index (χ4v) is 1.84. The molecule has 1 rings (SSSR count). The molecule has 1 aliphatic heterocycles. The van der Waals surface area contributed by atoms with Gasteiger partial charge in [0.25, 0.3) is 0 Å². The second-order valence-corrected chi connectivity index (χ2v) is 3.90. The molecule has 0 aromatic carbocycles. The highest BCUT2D eigenvalue weighted by Gasteiger charge is 2.27. The smallest absolute Gasteiger partial charge is 0.323 e. The molecule has 0 aromatic rings. The lowest BCUT2D eigenvalue weighted by molar-refractivity contribution is -0.150. The normalized spacial score (nSPS) is 16.8. The SMILES string of the molecule is CCOCC(=O)N(CC(=O)O)C1CCOCC1. The third-order valence-electron chi connectivity index (χ3n) is 2.69. The van der Waals surface area contributed by atoms with Crippen LogP contribution in [0.1, 0.15) is 19.8 Å². The Morgan fingerprint density at radius 1 is 1.41 bits per heavy atom. The molecule has 98 valence electrons. The zero-order valence-electron chi connectivity index (χ0n) is 10.1. The van der Waals surface area contributed by atoms with Crippen LogP contribution in [0.25, 0.3) is 0 Å². The maximum atomic E-state index is 11.8. The van der Waals surface area contributed by atoms with Crippen LogP contribution in [0.3, 0.4) is 0 Å². The van der Waals surface area contributed by atoms with Crippen LogP contribution in [0.4, 0.5) is 0 Å². The molecule has 0 spiro atoms. The molecule has 1 fully saturated rings. The summed E-state index contributed by atoms with van der Waals surface area (Å²) in [6.07, 6.45) is 1.37.